The van der Waals surface area contributed by atoms with Gasteiger partial charge in [0.25, 0.3) is 0 Å². The van der Waals surface area contributed by atoms with E-state index in [1.54, 1.807) is 6.20 Å². The van der Waals surface area contributed by atoms with Crippen molar-refractivity contribution in [3.63, 3.8) is 0 Å². The van der Waals surface area contributed by atoms with Crippen LogP contribution in [0.2, 0.25) is 0 Å². The summed E-state index contributed by atoms with van der Waals surface area (Å²) in [6.07, 6.45) is 10.2. The first-order valence-electron chi connectivity index (χ1n) is 8.64. The van der Waals surface area contributed by atoms with Crippen LogP contribution in [-0.2, 0) is 17.8 Å². The summed E-state index contributed by atoms with van der Waals surface area (Å²) in [5.74, 6) is 0.140. The number of rotatable bonds is 10. The van der Waals surface area contributed by atoms with Gasteiger partial charge in [-0.1, -0.05) is 12.1 Å². The summed E-state index contributed by atoms with van der Waals surface area (Å²) in [6.45, 7) is 1.76. The van der Waals surface area contributed by atoms with Crippen molar-refractivity contribution < 1.29 is 4.79 Å². The molecule has 0 aliphatic heterocycles. The molecule has 0 fully saturated rings. The molecule has 1 heterocycles. The molecule has 1 aromatic heterocycles. The number of imidazole rings is 1. The van der Waals surface area contributed by atoms with Crippen molar-refractivity contribution in [2.24, 2.45) is 0 Å². The van der Waals surface area contributed by atoms with Gasteiger partial charge in [0, 0.05) is 51.7 Å². The molecule has 2 aromatic rings. The van der Waals surface area contributed by atoms with Crippen LogP contribution in [0.1, 0.15) is 31.2 Å². The molecule has 24 heavy (non-hydrogen) atoms. The van der Waals surface area contributed by atoms with Crippen LogP contribution in [0, 0.1) is 0 Å². The molecule has 0 bridgehead atoms. The molecule has 0 aliphatic carbocycles. The van der Waals surface area contributed by atoms with E-state index in [-0.39, 0.29) is 5.91 Å². The van der Waals surface area contributed by atoms with Gasteiger partial charge in [-0.2, -0.15) is 0 Å². The predicted octanol–water partition coefficient (Wildman–Crippen LogP) is 2.87. The summed E-state index contributed by atoms with van der Waals surface area (Å²) >= 11 is 0. The second-order valence-corrected chi connectivity index (χ2v) is 6.27. The topological polar surface area (TPSA) is 50.2 Å². The fraction of sp³-hybridized carbons (Fsp3) is 0.474. The van der Waals surface area contributed by atoms with Gasteiger partial charge in [-0.25, -0.2) is 4.98 Å². The highest BCUT2D eigenvalue weighted by Gasteiger charge is 2.02. The molecular weight excluding hydrogens is 300 g/mol. The van der Waals surface area contributed by atoms with Crippen molar-refractivity contribution in [3.8, 4) is 0 Å². The maximum Gasteiger partial charge on any atom is 0.220 e. The Kier molecular flexibility index (Phi) is 7.33. The van der Waals surface area contributed by atoms with Gasteiger partial charge in [-0.15, -0.1) is 0 Å². The largest absolute Gasteiger partial charge is 0.378 e. The molecule has 0 saturated carbocycles. The van der Waals surface area contributed by atoms with Crippen molar-refractivity contribution in [1.29, 1.82) is 0 Å². The van der Waals surface area contributed by atoms with Crippen molar-refractivity contribution in [3.05, 3.63) is 48.5 Å². The maximum absolute atomic E-state index is 11.9. The summed E-state index contributed by atoms with van der Waals surface area (Å²) in [4.78, 5) is 18.0. The molecule has 0 spiro atoms. The van der Waals surface area contributed by atoms with Crippen LogP contribution in [0.4, 0.5) is 5.69 Å². The summed E-state index contributed by atoms with van der Waals surface area (Å²) in [6, 6.07) is 8.37. The van der Waals surface area contributed by atoms with Gasteiger partial charge in [0.05, 0.1) is 6.33 Å². The lowest BCUT2D eigenvalue weighted by Crippen LogP contribution is -2.24. The van der Waals surface area contributed by atoms with E-state index < -0.39 is 0 Å². The highest BCUT2D eigenvalue weighted by Crippen LogP contribution is 2.13. The van der Waals surface area contributed by atoms with Gasteiger partial charge in [0.15, 0.2) is 0 Å². The Balaban J connectivity index is 1.53. The fourth-order valence-corrected chi connectivity index (χ4v) is 2.55. The first-order chi connectivity index (χ1) is 11.6. The van der Waals surface area contributed by atoms with E-state index in [1.165, 1.54) is 11.3 Å². The second-order valence-electron chi connectivity index (χ2n) is 6.27. The number of aromatic nitrogens is 2. The van der Waals surface area contributed by atoms with Gasteiger partial charge in [-0.05, 0) is 43.4 Å². The molecule has 1 N–H and O–H groups in total. The Hall–Kier alpha value is -2.30. The first-order valence-corrected chi connectivity index (χ1v) is 8.64. The number of amides is 1. The molecule has 0 saturated heterocycles. The van der Waals surface area contributed by atoms with E-state index in [0.29, 0.717) is 6.42 Å². The van der Waals surface area contributed by atoms with Gasteiger partial charge in [0.1, 0.15) is 0 Å². The Morgan fingerprint density at radius 2 is 1.96 bits per heavy atom. The highest BCUT2D eigenvalue weighted by atomic mass is 16.1. The van der Waals surface area contributed by atoms with Crippen molar-refractivity contribution in [1.82, 2.24) is 14.9 Å². The average molecular weight is 328 g/mol. The third-order valence-electron chi connectivity index (χ3n) is 4.07. The molecule has 5 heteroatoms. The third-order valence-corrected chi connectivity index (χ3v) is 4.07. The zero-order chi connectivity index (χ0) is 17.2. The number of unbranched alkanes of at least 4 members (excludes halogenated alkanes) is 2. The van der Waals surface area contributed by atoms with Crippen molar-refractivity contribution in [2.75, 3.05) is 25.5 Å². The summed E-state index contributed by atoms with van der Waals surface area (Å²) in [5.41, 5.74) is 2.38. The van der Waals surface area contributed by atoms with Crippen LogP contribution in [-0.4, -0.2) is 36.1 Å². The van der Waals surface area contributed by atoms with E-state index in [2.05, 4.69) is 44.0 Å². The summed E-state index contributed by atoms with van der Waals surface area (Å²) in [7, 11) is 4.05. The lowest BCUT2D eigenvalue weighted by molar-refractivity contribution is -0.121. The minimum absolute atomic E-state index is 0.140. The SMILES string of the molecule is CN(C)c1ccc(CCC(=O)NCCCCCn2ccnc2)cc1. The van der Waals surface area contributed by atoms with Crippen LogP contribution >= 0.6 is 0 Å². The number of benzene rings is 1. The number of anilines is 1. The highest BCUT2D eigenvalue weighted by molar-refractivity contribution is 5.76. The molecular formula is C19H28N4O. The van der Waals surface area contributed by atoms with E-state index in [0.717, 1.165) is 38.8 Å². The Morgan fingerprint density at radius 1 is 1.17 bits per heavy atom. The molecule has 0 unspecified atom stereocenters. The monoisotopic (exact) mass is 328 g/mol. The number of hydrogen-bond acceptors (Lipinski definition) is 3. The number of hydrogen-bond donors (Lipinski definition) is 1. The molecule has 0 atom stereocenters. The number of nitrogens with zero attached hydrogens (tertiary/aromatic N) is 3. The fourth-order valence-electron chi connectivity index (χ4n) is 2.55. The summed E-state index contributed by atoms with van der Waals surface area (Å²) in [5, 5.41) is 3.01. The molecule has 130 valence electrons. The molecule has 1 aromatic carbocycles. The van der Waals surface area contributed by atoms with Crippen LogP contribution < -0.4 is 10.2 Å². The minimum atomic E-state index is 0.140. The number of aryl methyl sites for hydroxylation is 2. The second kappa shape index (κ2) is 9.75. The van der Waals surface area contributed by atoms with Crippen molar-refractivity contribution in [2.45, 2.75) is 38.6 Å². The normalized spacial score (nSPS) is 10.6. The number of nitrogens with one attached hydrogen (secondary N) is 1. The van der Waals surface area contributed by atoms with Crippen molar-refractivity contribution >= 4 is 11.6 Å². The van der Waals surface area contributed by atoms with Gasteiger partial charge in [0.2, 0.25) is 5.91 Å². The number of carbonyl (C=O) groups excluding carboxylic acids is 1. The molecule has 5 nitrogen and oxygen atoms in total. The smallest absolute Gasteiger partial charge is 0.220 e. The van der Waals surface area contributed by atoms with Crippen LogP contribution in [0.25, 0.3) is 0 Å². The maximum atomic E-state index is 11.9. The Labute approximate surface area is 144 Å². The third kappa shape index (κ3) is 6.44. The first kappa shape index (κ1) is 18.0. The van der Waals surface area contributed by atoms with Gasteiger partial charge < -0.3 is 14.8 Å². The van der Waals surface area contributed by atoms with Gasteiger partial charge in [-0.3, -0.25) is 4.79 Å². The van der Waals surface area contributed by atoms with Crippen LogP contribution in [0.3, 0.4) is 0 Å². The van der Waals surface area contributed by atoms with Crippen LogP contribution in [0.5, 0.6) is 0 Å². The molecule has 2 rings (SSSR count). The average Bonchev–Trinajstić information content (AvgIpc) is 3.10. The Morgan fingerprint density at radius 3 is 2.62 bits per heavy atom. The summed E-state index contributed by atoms with van der Waals surface area (Å²) < 4.78 is 2.08. The van der Waals surface area contributed by atoms with Gasteiger partial charge >= 0.3 is 0 Å². The predicted molar refractivity (Wildman–Crippen MR) is 98.2 cm³/mol. The lowest BCUT2D eigenvalue weighted by Gasteiger charge is -2.12. The molecule has 0 radical (unpaired) electrons. The quantitative estimate of drug-likeness (QED) is 0.682. The van der Waals surface area contributed by atoms with E-state index in [9.17, 15) is 4.79 Å². The van der Waals surface area contributed by atoms with E-state index in [1.807, 2.05) is 26.6 Å². The standard InChI is InChI=1S/C19H28N4O/c1-22(2)18-9-6-17(7-10-18)8-11-19(24)21-12-4-3-5-14-23-15-13-20-16-23/h6-7,9-10,13,15-16H,3-5,8,11-12,14H2,1-2H3,(H,21,24). The molecule has 0 aliphatic rings. The van der Waals surface area contributed by atoms with E-state index in [4.69, 9.17) is 0 Å². The minimum Gasteiger partial charge on any atom is -0.378 e. The molecule has 1 amide bonds. The lowest BCUT2D eigenvalue weighted by atomic mass is 10.1. The zero-order valence-corrected chi connectivity index (χ0v) is 14.7. The number of carbonyl (C=O) groups is 1. The van der Waals surface area contributed by atoms with Crippen LogP contribution in [0.15, 0.2) is 43.0 Å². The zero-order valence-electron chi connectivity index (χ0n) is 14.7. The van der Waals surface area contributed by atoms with E-state index >= 15 is 0 Å². The Bertz CT molecular complexity index is 590.